The third kappa shape index (κ3) is 5.89. The van der Waals surface area contributed by atoms with Crippen molar-refractivity contribution < 1.29 is 27.0 Å². The molecule has 0 radical (unpaired) electrons. The van der Waals surface area contributed by atoms with Crippen molar-refractivity contribution in [2.45, 2.75) is 43.3 Å². The molecule has 198 valence electrons. The number of rotatable bonds is 10. The molecule has 9 heteroatoms. The highest BCUT2D eigenvalue weighted by molar-refractivity contribution is 7.89. The zero-order chi connectivity index (χ0) is 26.6. The van der Waals surface area contributed by atoms with E-state index >= 15 is 0 Å². The van der Waals surface area contributed by atoms with Gasteiger partial charge in [0.25, 0.3) is 0 Å². The molecule has 1 N–H and O–H groups in total. The van der Waals surface area contributed by atoms with E-state index < -0.39 is 16.1 Å². The molecule has 0 spiro atoms. The molecular weight excluding hydrogens is 495 g/mol. The van der Waals surface area contributed by atoms with Crippen LogP contribution in [-0.2, 0) is 23.0 Å². The maximum atomic E-state index is 13.5. The van der Waals surface area contributed by atoms with Gasteiger partial charge in [-0.25, -0.2) is 17.5 Å². The zero-order valence-corrected chi connectivity index (χ0v) is 22.3. The highest BCUT2D eigenvalue weighted by Gasteiger charge is 2.36. The van der Waals surface area contributed by atoms with Gasteiger partial charge in [-0.1, -0.05) is 19.1 Å². The number of methoxy groups -OCH3 is 3. The van der Waals surface area contributed by atoms with E-state index in [1.54, 1.807) is 38.5 Å². The Bertz CT molecular complexity index is 1310. The summed E-state index contributed by atoms with van der Waals surface area (Å²) in [6.07, 6.45) is 1.31. The molecule has 1 heterocycles. The van der Waals surface area contributed by atoms with Crippen LogP contribution in [0.2, 0.25) is 0 Å². The quantitative estimate of drug-likeness (QED) is 0.411. The van der Waals surface area contributed by atoms with Crippen LogP contribution < -0.4 is 18.9 Å². The highest BCUT2D eigenvalue weighted by Crippen LogP contribution is 2.41. The largest absolute Gasteiger partial charge is 0.497 e. The zero-order valence-electron chi connectivity index (χ0n) is 21.5. The maximum Gasteiger partial charge on any atom is 0.240 e. The van der Waals surface area contributed by atoms with Crippen molar-refractivity contribution in [2.75, 3.05) is 27.9 Å². The number of nitrogens with zero attached hydrogens (tertiary/aromatic N) is 1. The Morgan fingerprint density at radius 3 is 2.22 bits per heavy atom. The van der Waals surface area contributed by atoms with Crippen LogP contribution in [0.25, 0.3) is 0 Å². The summed E-state index contributed by atoms with van der Waals surface area (Å²) in [6, 6.07) is 15.9. The van der Waals surface area contributed by atoms with Gasteiger partial charge in [-0.3, -0.25) is 4.90 Å². The lowest BCUT2D eigenvalue weighted by molar-refractivity contribution is 0.143. The Labute approximate surface area is 218 Å². The maximum absolute atomic E-state index is 13.5. The second-order valence-corrected chi connectivity index (χ2v) is 10.7. The third-order valence-electron chi connectivity index (χ3n) is 6.82. The van der Waals surface area contributed by atoms with Gasteiger partial charge in [-0.05, 0) is 78.1 Å². The molecule has 4 rings (SSSR count). The molecule has 7 nitrogen and oxygen atoms in total. The first-order valence-electron chi connectivity index (χ1n) is 12.2. The molecule has 1 aliphatic heterocycles. The summed E-state index contributed by atoms with van der Waals surface area (Å²) in [4.78, 5) is 2.41. The van der Waals surface area contributed by atoms with Crippen LogP contribution in [0.15, 0.2) is 65.6 Å². The fourth-order valence-electron chi connectivity index (χ4n) is 4.89. The summed E-state index contributed by atoms with van der Waals surface area (Å²) in [7, 11) is 0.905. The van der Waals surface area contributed by atoms with E-state index in [9.17, 15) is 12.8 Å². The van der Waals surface area contributed by atoms with Gasteiger partial charge in [0.15, 0.2) is 11.5 Å². The Hall–Kier alpha value is -3.14. The topological polar surface area (TPSA) is 77.1 Å². The first-order chi connectivity index (χ1) is 17.8. The van der Waals surface area contributed by atoms with E-state index in [1.165, 1.54) is 31.4 Å². The van der Waals surface area contributed by atoms with Gasteiger partial charge >= 0.3 is 0 Å². The molecule has 1 aliphatic rings. The minimum absolute atomic E-state index is 0.167. The average molecular weight is 529 g/mol. The van der Waals surface area contributed by atoms with E-state index in [1.807, 2.05) is 19.1 Å². The van der Waals surface area contributed by atoms with Crippen molar-refractivity contribution in [3.8, 4) is 17.2 Å². The summed E-state index contributed by atoms with van der Waals surface area (Å²) < 4.78 is 59.6. The van der Waals surface area contributed by atoms with Crippen LogP contribution in [-0.4, -0.2) is 47.2 Å². The fourth-order valence-corrected chi connectivity index (χ4v) is 6.22. The van der Waals surface area contributed by atoms with Crippen LogP contribution >= 0.6 is 0 Å². The van der Waals surface area contributed by atoms with Gasteiger partial charge < -0.3 is 14.2 Å². The number of benzene rings is 3. The van der Waals surface area contributed by atoms with E-state index in [4.69, 9.17) is 14.2 Å². The molecule has 2 atom stereocenters. The van der Waals surface area contributed by atoms with Crippen LogP contribution in [0.3, 0.4) is 0 Å². The lowest BCUT2D eigenvalue weighted by Gasteiger charge is -2.42. The number of hydrogen-bond donors (Lipinski definition) is 1. The van der Waals surface area contributed by atoms with E-state index in [2.05, 4.69) is 9.62 Å². The lowest BCUT2D eigenvalue weighted by Crippen LogP contribution is -2.48. The standard InChI is InChI=1S/C28H33FN2O5S/c1-5-25(30-37(32,33)23-12-10-22(34-2)11-13-23)28-24-17-27(36-4)26(35-3)16-20(24)14-15-31(28)18-19-6-8-21(29)9-7-19/h6-13,16-17,25,28,30H,5,14-15,18H2,1-4H3. The van der Waals surface area contributed by atoms with E-state index in [0.717, 1.165) is 23.1 Å². The predicted octanol–water partition coefficient (Wildman–Crippen LogP) is 4.71. The van der Waals surface area contributed by atoms with Gasteiger partial charge in [0.05, 0.1) is 32.3 Å². The number of sulfonamides is 1. The number of fused-ring (bicyclic) bond motifs is 1. The molecule has 0 fully saturated rings. The molecule has 2 unspecified atom stereocenters. The molecule has 0 aromatic heterocycles. The minimum Gasteiger partial charge on any atom is -0.497 e. The molecule has 0 saturated heterocycles. The smallest absolute Gasteiger partial charge is 0.240 e. The van der Waals surface area contributed by atoms with Crippen molar-refractivity contribution in [3.63, 3.8) is 0 Å². The molecule has 0 aliphatic carbocycles. The molecule has 3 aromatic carbocycles. The van der Waals surface area contributed by atoms with E-state index in [0.29, 0.717) is 36.8 Å². The number of halogens is 1. The summed E-state index contributed by atoms with van der Waals surface area (Å²) in [6.45, 7) is 3.21. The molecule has 3 aromatic rings. The van der Waals surface area contributed by atoms with Gasteiger partial charge in [0.2, 0.25) is 10.0 Å². The van der Waals surface area contributed by atoms with E-state index in [-0.39, 0.29) is 16.8 Å². The summed E-state index contributed by atoms with van der Waals surface area (Å²) in [5.74, 6) is 1.51. The lowest BCUT2D eigenvalue weighted by atomic mass is 9.86. The molecule has 0 amide bonds. The third-order valence-corrected chi connectivity index (χ3v) is 8.33. The Kier molecular flexibility index (Phi) is 8.36. The second-order valence-electron chi connectivity index (χ2n) is 9.01. The van der Waals surface area contributed by atoms with Crippen LogP contribution in [0.4, 0.5) is 4.39 Å². The normalized spacial score (nSPS) is 16.6. The van der Waals surface area contributed by atoms with Crippen molar-refractivity contribution in [1.29, 1.82) is 0 Å². The van der Waals surface area contributed by atoms with Crippen LogP contribution in [0.1, 0.15) is 36.1 Å². The molecule has 37 heavy (non-hydrogen) atoms. The first-order valence-corrected chi connectivity index (χ1v) is 13.7. The Morgan fingerprint density at radius 2 is 1.62 bits per heavy atom. The monoisotopic (exact) mass is 528 g/mol. The molecular formula is C28H33FN2O5S. The van der Waals surface area contributed by atoms with Crippen molar-refractivity contribution in [2.24, 2.45) is 0 Å². The summed E-state index contributed by atoms with van der Waals surface area (Å²) in [5.41, 5.74) is 3.01. The van der Waals surface area contributed by atoms with Crippen molar-refractivity contribution in [1.82, 2.24) is 9.62 Å². The van der Waals surface area contributed by atoms with Gasteiger partial charge in [0.1, 0.15) is 11.6 Å². The van der Waals surface area contributed by atoms with Crippen LogP contribution in [0, 0.1) is 5.82 Å². The van der Waals surface area contributed by atoms with Gasteiger partial charge in [-0.15, -0.1) is 0 Å². The van der Waals surface area contributed by atoms with Crippen LogP contribution in [0.5, 0.6) is 17.2 Å². The predicted molar refractivity (Wildman–Crippen MR) is 140 cm³/mol. The summed E-state index contributed by atoms with van der Waals surface area (Å²) >= 11 is 0. The number of hydrogen-bond acceptors (Lipinski definition) is 6. The molecule has 0 saturated carbocycles. The highest BCUT2D eigenvalue weighted by atomic mass is 32.2. The first kappa shape index (κ1) is 26.9. The number of ether oxygens (including phenoxy) is 3. The average Bonchev–Trinajstić information content (AvgIpc) is 2.92. The SMILES string of the molecule is CCC(NS(=O)(=O)c1ccc(OC)cc1)C1c2cc(OC)c(OC)cc2CCN1Cc1ccc(F)cc1. The summed E-state index contributed by atoms with van der Waals surface area (Å²) in [5, 5.41) is 0. The number of nitrogens with one attached hydrogen (secondary N) is 1. The molecule has 0 bridgehead atoms. The fraction of sp³-hybridized carbons (Fsp3) is 0.357. The second kappa shape index (κ2) is 11.5. The Morgan fingerprint density at radius 1 is 0.973 bits per heavy atom. The van der Waals surface area contributed by atoms with Gasteiger partial charge in [-0.2, -0.15) is 0 Å². The van der Waals surface area contributed by atoms with Crippen molar-refractivity contribution in [3.05, 3.63) is 83.2 Å². The Balaban J connectivity index is 1.74. The minimum atomic E-state index is -3.82. The van der Waals surface area contributed by atoms with Gasteiger partial charge in [0, 0.05) is 19.1 Å². The van der Waals surface area contributed by atoms with Crippen molar-refractivity contribution >= 4 is 10.0 Å².